The highest BCUT2D eigenvalue weighted by atomic mass is 16.4. The molecular weight excluding hydrogens is 270 g/mol. The van der Waals surface area contributed by atoms with Crippen molar-refractivity contribution in [2.45, 2.75) is 45.6 Å². The van der Waals surface area contributed by atoms with Crippen molar-refractivity contribution in [3.63, 3.8) is 0 Å². The van der Waals surface area contributed by atoms with Crippen LogP contribution in [0, 0.1) is 5.41 Å². The van der Waals surface area contributed by atoms with Crippen LogP contribution in [0.5, 0.6) is 0 Å². The normalized spacial score (nSPS) is 16.2. The SMILES string of the molecule is CN(C)CC(C)(C)CNC(=O)N(CC(=O)O)C1CCCC1. The van der Waals surface area contributed by atoms with Gasteiger partial charge < -0.3 is 20.2 Å². The molecule has 0 heterocycles. The largest absolute Gasteiger partial charge is 0.480 e. The second-order valence-electron chi connectivity index (χ2n) is 7.02. The Hall–Kier alpha value is -1.30. The van der Waals surface area contributed by atoms with Crippen molar-refractivity contribution in [3.05, 3.63) is 0 Å². The number of amides is 2. The van der Waals surface area contributed by atoms with Crippen LogP contribution in [0.2, 0.25) is 0 Å². The first kappa shape index (κ1) is 17.8. The van der Waals surface area contributed by atoms with E-state index in [2.05, 4.69) is 24.1 Å². The van der Waals surface area contributed by atoms with Crippen LogP contribution in [-0.4, -0.2) is 66.7 Å². The van der Waals surface area contributed by atoms with Crippen LogP contribution in [0.4, 0.5) is 4.79 Å². The van der Waals surface area contributed by atoms with E-state index in [0.717, 1.165) is 32.2 Å². The van der Waals surface area contributed by atoms with Gasteiger partial charge in [-0.3, -0.25) is 4.79 Å². The maximum atomic E-state index is 12.3. The Bertz CT molecular complexity index is 363. The zero-order valence-electron chi connectivity index (χ0n) is 13.7. The van der Waals surface area contributed by atoms with Gasteiger partial charge in [-0.2, -0.15) is 0 Å². The van der Waals surface area contributed by atoms with Crippen molar-refractivity contribution in [2.24, 2.45) is 5.41 Å². The Morgan fingerprint density at radius 1 is 1.24 bits per heavy atom. The van der Waals surface area contributed by atoms with Crippen molar-refractivity contribution >= 4 is 12.0 Å². The second kappa shape index (κ2) is 7.64. The number of nitrogens with zero attached hydrogens (tertiary/aromatic N) is 2. The van der Waals surface area contributed by atoms with Gasteiger partial charge in [-0.25, -0.2) is 4.79 Å². The predicted octanol–water partition coefficient (Wildman–Crippen LogP) is 1.61. The lowest BCUT2D eigenvalue weighted by Gasteiger charge is -2.32. The van der Waals surface area contributed by atoms with Gasteiger partial charge in [-0.15, -0.1) is 0 Å². The molecule has 0 saturated heterocycles. The summed E-state index contributed by atoms with van der Waals surface area (Å²) in [5.74, 6) is -0.954. The van der Waals surface area contributed by atoms with Crippen LogP contribution in [0.3, 0.4) is 0 Å². The lowest BCUT2D eigenvalue weighted by molar-refractivity contribution is -0.138. The van der Waals surface area contributed by atoms with Crippen LogP contribution in [0.15, 0.2) is 0 Å². The summed E-state index contributed by atoms with van der Waals surface area (Å²) >= 11 is 0. The summed E-state index contributed by atoms with van der Waals surface area (Å²) in [7, 11) is 4.00. The third-order valence-corrected chi connectivity index (χ3v) is 3.79. The first-order chi connectivity index (χ1) is 9.71. The number of nitrogens with one attached hydrogen (secondary N) is 1. The quantitative estimate of drug-likeness (QED) is 0.749. The molecule has 122 valence electrons. The smallest absolute Gasteiger partial charge is 0.323 e. The molecular formula is C15H29N3O3. The molecule has 0 radical (unpaired) electrons. The zero-order valence-corrected chi connectivity index (χ0v) is 13.7. The Labute approximate surface area is 127 Å². The van der Waals surface area contributed by atoms with Crippen LogP contribution in [0.1, 0.15) is 39.5 Å². The highest BCUT2D eigenvalue weighted by Crippen LogP contribution is 2.23. The fourth-order valence-corrected chi connectivity index (χ4v) is 3.06. The summed E-state index contributed by atoms with van der Waals surface area (Å²) in [6.07, 6.45) is 3.95. The van der Waals surface area contributed by atoms with Gasteiger partial charge in [0.05, 0.1) is 0 Å². The summed E-state index contributed by atoms with van der Waals surface area (Å²) in [5.41, 5.74) is -0.0519. The molecule has 21 heavy (non-hydrogen) atoms. The molecule has 6 heteroatoms. The zero-order chi connectivity index (χ0) is 16.0. The van der Waals surface area contributed by atoms with Crippen molar-refractivity contribution < 1.29 is 14.7 Å². The first-order valence-electron chi connectivity index (χ1n) is 7.62. The molecule has 1 rings (SSSR count). The molecule has 0 aromatic heterocycles. The summed E-state index contributed by atoms with van der Waals surface area (Å²) < 4.78 is 0. The van der Waals surface area contributed by atoms with E-state index >= 15 is 0 Å². The highest BCUT2D eigenvalue weighted by molar-refractivity contribution is 5.80. The van der Waals surface area contributed by atoms with Gasteiger partial charge in [0, 0.05) is 19.1 Å². The van der Waals surface area contributed by atoms with Gasteiger partial charge in [0.25, 0.3) is 0 Å². The molecule has 1 saturated carbocycles. The maximum Gasteiger partial charge on any atom is 0.323 e. The van der Waals surface area contributed by atoms with E-state index in [1.165, 1.54) is 4.90 Å². The molecule has 6 nitrogen and oxygen atoms in total. The summed E-state index contributed by atoms with van der Waals surface area (Å²) in [6, 6.07) is -0.186. The first-order valence-corrected chi connectivity index (χ1v) is 7.62. The molecule has 1 aliphatic rings. The Balaban J connectivity index is 2.57. The van der Waals surface area contributed by atoms with Crippen LogP contribution < -0.4 is 5.32 Å². The monoisotopic (exact) mass is 299 g/mol. The lowest BCUT2D eigenvalue weighted by atomic mass is 9.93. The number of carbonyl (C=O) groups excluding carboxylic acids is 1. The summed E-state index contributed by atoms with van der Waals surface area (Å²) in [5, 5.41) is 11.9. The van der Waals surface area contributed by atoms with E-state index in [9.17, 15) is 9.59 Å². The van der Waals surface area contributed by atoms with Gasteiger partial charge in [0.2, 0.25) is 0 Å². The number of carboxylic acids is 1. The van der Waals surface area contributed by atoms with E-state index in [1.54, 1.807) is 0 Å². The number of urea groups is 1. The number of aliphatic carboxylic acids is 1. The summed E-state index contributed by atoms with van der Waals surface area (Å²) in [4.78, 5) is 26.9. The lowest BCUT2D eigenvalue weighted by Crippen LogP contribution is -2.50. The molecule has 0 atom stereocenters. The molecule has 1 fully saturated rings. The van der Waals surface area contributed by atoms with E-state index in [0.29, 0.717) is 6.54 Å². The van der Waals surface area contributed by atoms with Crippen LogP contribution in [0.25, 0.3) is 0 Å². The highest BCUT2D eigenvalue weighted by Gasteiger charge is 2.29. The Kier molecular flexibility index (Phi) is 6.45. The number of carbonyl (C=O) groups is 2. The third-order valence-electron chi connectivity index (χ3n) is 3.79. The number of hydrogen-bond donors (Lipinski definition) is 2. The molecule has 0 aliphatic heterocycles. The van der Waals surface area contributed by atoms with Crippen molar-refractivity contribution in [3.8, 4) is 0 Å². The van der Waals surface area contributed by atoms with E-state index in [1.807, 2.05) is 14.1 Å². The topological polar surface area (TPSA) is 72.9 Å². The number of hydrogen-bond acceptors (Lipinski definition) is 3. The average Bonchev–Trinajstić information content (AvgIpc) is 2.85. The maximum absolute atomic E-state index is 12.3. The Morgan fingerprint density at radius 2 is 1.81 bits per heavy atom. The van der Waals surface area contributed by atoms with Gasteiger partial charge in [-0.05, 0) is 32.4 Å². The molecule has 0 aromatic rings. The molecule has 0 unspecified atom stereocenters. The third kappa shape index (κ3) is 6.33. The van der Waals surface area contributed by atoms with Gasteiger partial charge in [-0.1, -0.05) is 26.7 Å². The number of carboxylic acid groups (broad SMARTS) is 1. The fraction of sp³-hybridized carbons (Fsp3) is 0.867. The van der Waals surface area contributed by atoms with Gasteiger partial charge in [0.15, 0.2) is 0 Å². The van der Waals surface area contributed by atoms with Gasteiger partial charge >= 0.3 is 12.0 Å². The minimum Gasteiger partial charge on any atom is -0.480 e. The van der Waals surface area contributed by atoms with E-state index in [-0.39, 0.29) is 24.0 Å². The van der Waals surface area contributed by atoms with Crippen LogP contribution in [-0.2, 0) is 4.79 Å². The van der Waals surface area contributed by atoms with E-state index in [4.69, 9.17) is 5.11 Å². The minimum atomic E-state index is -0.954. The molecule has 2 N–H and O–H groups in total. The minimum absolute atomic E-state index is 0.0519. The molecule has 0 bridgehead atoms. The molecule has 0 aromatic carbocycles. The standard InChI is InChI=1S/C15H29N3O3/c1-15(2,11-17(3)4)10-16-14(21)18(9-13(19)20)12-7-5-6-8-12/h12H,5-11H2,1-4H3,(H,16,21)(H,19,20). The van der Waals surface area contributed by atoms with Crippen molar-refractivity contribution in [1.82, 2.24) is 15.1 Å². The van der Waals surface area contributed by atoms with Crippen LogP contribution >= 0.6 is 0 Å². The molecule has 0 spiro atoms. The number of rotatable bonds is 7. The molecule has 2 amide bonds. The van der Waals surface area contributed by atoms with E-state index < -0.39 is 5.97 Å². The van der Waals surface area contributed by atoms with Crippen molar-refractivity contribution in [1.29, 1.82) is 0 Å². The molecule has 1 aliphatic carbocycles. The Morgan fingerprint density at radius 3 is 2.29 bits per heavy atom. The predicted molar refractivity (Wildman–Crippen MR) is 82.3 cm³/mol. The fourth-order valence-electron chi connectivity index (χ4n) is 3.06. The second-order valence-corrected chi connectivity index (χ2v) is 7.02. The van der Waals surface area contributed by atoms with Gasteiger partial charge in [0.1, 0.15) is 6.54 Å². The summed E-state index contributed by atoms with van der Waals surface area (Å²) in [6.45, 7) is 5.35. The average molecular weight is 299 g/mol. The van der Waals surface area contributed by atoms with Crippen molar-refractivity contribution in [2.75, 3.05) is 33.7 Å².